The van der Waals surface area contributed by atoms with Crippen LogP contribution in [-0.2, 0) is 6.54 Å². The van der Waals surface area contributed by atoms with Gasteiger partial charge in [-0.05, 0) is 18.2 Å². The quantitative estimate of drug-likeness (QED) is 0.905. The van der Waals surface area contributed by atoms with Crippen LogP contribution in [0.2, 0.25) is 10.0 Å². The Hall–Kier alpha value is -1.65. The molecule has 0 saturated heterocycles. The Morgan fingerprint density at radius 1 is 1.32 bits per heavy atom. The molecule has 0 aliphatic heterocycles. The zero-order valence-corrected chi connectivity index (χ0v) is 11.8. The fourth-order valence-electron chi connectivity index (χ4n) is 1.66. The van der Waals surface area contributed by atoms with Gasteiger partial charge in [0, 0.05) is 17.1 Å². The molecule has 3 N–H and O–H groups in total. The van der Waals surface area contributed by atoms with Crippen molar-refractivity contribution in [3.8, 4) is 5.75 Å². The molecule has 0 atom stereocenters. The number of nitrogen functional groups attached to an aromatic ring is 1. The first kappa shape index (κ1) is 13.8. The van der Waals surface area contributed by atoms with Crippen molar-refractivity contribution >= 4 is 34.7 Å². The molecule has 19 heavy (non-hydrogen) atoms. The molecule has 0 unspecified atom stereocenters. The lowest BCUT2D eigenvalue weighted by molar-refractivity contribution is 0.410. The molecule has 6 heteroatoms. The van der Waals surface area contributed by atoms with Crippen LogP contribution in [-0.4, -0.2) is 12.1 Å². The molecule has 100 valence electrons. The number of rotatable bonds is 4. The molecule has 4 nitrogen and oxygen atoms in total. The fourth-order valence-corrected chi connectivity index (χ4v) is 2.13. The van der Waals surface area contributed by atoms with Crippen LogP contribution in [0.4, 0.5) is 11.5 Å². The van der Waals surface area contributed by atoms with E-state index < -0.39 is 0 Å². The molecule has 1 aromatic heterocycles. The molecule has 0 amide bonds. The van der Waals surface area contributed by atoms with Crippen LogP contribution in [0.5, 0.6) is 5.75 Å². The predicted molar refractivity (Wildman–Crippen MR) is 79.0 cm³/mol. The van der Waals surface area contributed by atoms with Gasteiger partial charge in [-0.3, -0.25) is 0 Å². The van der Waals surface area contributed by atoms with E-state index in [0.717, 1.165) is 5.56 Å². The van der Waals surface area contributed by atoms with Gasteiger partial charge in [-0.15, -0.1) is 0 Å². The second kappa shape index (κ2) is 5.99. The van der Waals surface area contributed by atoms with Crippen molar-refractivity contribution in [2.24, 2.45) is 0 Å². The molecule has 2 rings (SSSR count). The van der Waals surface area contributed by atoms with Gasteiger partial charge >= 0.3 is 0 Å². The van der Waals surface area contributed by atoms with Crippen molar-refractivity contribution in [2.75, 3.05) is 18.2 Å². The summed E-state index contributed by atoms with van der Waals surface area (Å²) in [6, 6.07) is 7.12. The zero-order chi connectivity index (χ0) is 13.8. The summed E-state index contributed by atoms with van der Waals surface area (Å²) in [5, 5.41) is 4.20. The number of pyridine rings is 1. The summed E-state index contributed by atoms with van der Waals surface area (Å²) in [6.45, 7) is 0.458. The van der Waals surface area contributed by atoms with E-state index in [1.165, 1.54) is 6.20 Å². The van der Waals surface area contributed by atoms with Crippen molar-refractivity contribution in [3.05, 3.63) is 46.1 Å². The minimum Gasteiger partial charge on any atom is -0.496 e. The topological polar surface area (TPSA) is 60.2 Å². The van der Waals surface area contributed by atoms with Crippen LogP contribution in [0.3, 0.4) is 0 Å². The summed E-state index contributed by atoms with van der Waals surface area (Å²) in [7, 11) is 1.60. The van der Waals surface area contributed by atoms with Crippen molar-refractivity contribution < 1.29 is 4.74 Å². The lowest BCUT2D eigenvalue weighted by Gasteiger charge is -2.12. The highest BCUT2D eigenvalue weighted by Crippen LogP contribution is 2.28. The average Bonchev–Trinajstić information content (AvgIpc) is 2.39. The summed E-state index contributed by atoms with van der Waals surface area (Å²) in [6.07, 6.45) is 1.54. The third kappa shape index (κ3) is 3.22. The molecule has 0 spiro atoms. The Morgan fingerprint density at radius 2 is 2.11 bits per heavy atom. The van der Waals surface area contributed by atoms with Gasteiger partial charge < -0.3 is 15.8 Å². The van der Waals surface area contributed by atoms with Gasteiger partial charge in [0.2, 0.25) is 0 Å². The molecule has 0 saturated carbocycles. The highest BCUT2D eigenvalue weighted by molar-refractivity contribution is 6.33. The Balaban J connectivity index is 2.19. The smallest absolute Gasteiger partial charge is 0.145 e. The highest BCUT2D eigenvalue weighted by Gasteiger charge is 2.09. The molecule has 0 fully saturated rings. The van der Waals surface area contributed by atoms with Crippen LogP contribution in [0, 0.1) is 0 Å². The highest BCUT2D eigenvalue weighted by atomic mass is 35.5. The molecule has 2 aromatic rings. The molecule has 0 aliphatic rings. The number of nitrogens with two attached hydrogens (primary N) is 1. The largest absolute Gasteiger partial charge is 0.496 e. The van der Waals surface area contributed by atoms with Gasteiger partial charge in [-0.25, -0.2) is 4.98 Å². The number of anilines is 2. The van der Waals surface area contributed by atoms with E-state index in [1.807, 2.05) is 12.1 Å². The third-order valence-electron chi connectivity index (χ3n) is 2.59. The van der Waals surface area contributed by atoms with Crippen LogP contribution < -0.4 is 15.8 Å². The number of nitrogens with zero attached hydrogens (tertiary/aromatic N) is 1. The van der Waals surface area contributed by atoms with Crippen molar-refractivity contribution in [3.63, 3.8) is 0 Å². The fraction of sp³-hybridized carbons (Fsp3) is 0.154. The number of hydrogen-bond acceptors (Lipinski definition) is 4. The van der Waals surface area contributed by atoms with Crippen molar-refractivity contribution in [1.29, 1.82) is 0 Å². The second-order valence-corrected chi connectivity index (χ2v) is 4.69. The van der Waals surface area contributed by atoms with E-state index in [2.05, 4.69) is 10.3 Å². The summed E-state index contributed by atoms with van der Waals surface area (Å²) in [4.78, 5) is 4.13. The van der Waals surface area contributed by atoms with Gasteiger partial charge in [0.1, 0.15) is 11.6 Å². The first-order valence-electron chi connectivity index (χ1n) is 5.58. The Labute approximate surface area is 121 Å². The molecule has 1 aromatic carbocycles. The zero-order valence-electron chi connectivity index (χ0n) is 10.3. The van der Waals surface area contributed by atoms with E-state index in [9.17, 15) is 0 Å². The van der Waals surface area contributed by atoms with Gasteiger partial charge in [-0.2, -0.15) is 0 Å². The lowest BCUT2D eigenvalue weighted by atomic mass is 10.2. The lowest BCUT2D eigenvalue weighted by Crippen LogP contribution is -2.04. The Kier molecular flexibility index (Phi) is 4.35. The standard InChI is InChI=1S/C13H13Cl2N3O/c1-19-12-4-2-3-10(14)9(12)7-18-13-11(15)5-8(16)6-17-13/h2-6H,7,16H2,1H3,(H,17,18). The monoisotopic (exact) mass is 297 g/mol. The van der Waals surface area contributed by atoms with E-state index in [-0.39, 0.29) is 0 Å². The SMILES string of the molecule is COc1cccc(Cl)c1CNc1ncc(N)cc1Cl. The number of aromatic nitrogens is 1. The molecule has 1 heterocycles. The molecular formula is C13H13Cl2N3O. The second-order valence-electron chi connectivity index (χ2n) is 3.87. The van der Waals surface area contributed by atoms with E-state index in [4.69, 9.17) is 33.7 Å². The maximum absolute atomic E-state index is 6.15. The number of benzene rings is 1. The maximum Gasteiger partial charge on any atom is 0.145 e. The first-order chi connectivity index (χ1) is 9.11. The minimum absolute atomic E-state index is 0.458. The Morgan fingerprint density at radius 3 is 2.79 bits per heavy atom. The van der Waals surface area contributed by atoms with E-state index >= 15 is 0 Å². The number of methoxy groups -OCH3 is 1. The minimum atomic E-state index is 0.458. The molecule has 0 aliphatic carbocycles. The van der Waals surface area contributed by atoms with Gasteiger partial charge in [0.25, 0.3) is 0 Å². The third-order valence-corrected chi connectivity index (χ3v) is 3.23. The van der Waals surface area contributed by atoms with Gasteiger partial charge in [0.15, 0.2) is 0 Å². The summed E-state index contributed by atoms with van der Waals surface area (Å²) in [5.41, 5.74) is 6.96. The van der Waals surface area contributed by atoms with Crippen LogP contribution in [0.1, 0.15) is 5.56 Å². The first-order valence-corrected chi connectivity index (χ1v) is 6.33. The number of hydrogen-bond donors (Lipinski definition) is 2. The van der Waals surface area contributed by atoms with E-state index in [1.54, 1.807) is 19.2 Å². The summed E-state index contributed by atoms with van der Waals surface area (Å²) in [5.74, 6) is 1.27. The molecule has 0 bridgehead atoms. The predicted octanol–water partition coefficient (Wildman–Crippen LogP) is 3.59. The van der Waals surface area contributed by atoms with E-state index in [0.29, 0.717) is 33.8 Å². The van der Waals surface area contributed by atoms with Crippen molar-refractivity contribution in [1.82, 2.24) is 4.98 Å². The van der Waals surface area contributed by atoms with Gasteiger partial charge in [0.05, 0.1) is 24.0 Å². The molecule has 0 radical (unpaired) electrons. The van der Waals surface area contributed by atoms with Crippen molar-refractivity contribution in [2.45, 2.75) is 6.54 Å². The number of nitrogens with one attached hydrogen (secondary N) is 1. The van der Waals surface area contributed by atoms with Crippen LogP contribution >= 0.6 is 23.2 Å². The number of halogens is 2. The molecular weight excluding hydrogens is 285 g/mol. The Bertz CT molecular complexity index is 590. The number of ether oxygens (including phenoxy) is 1. The van der Waals surface area contributed by atoms with Gasteiger partial charge in [-0.1, -0.05) is 29.3 Å². The maximum atomic E-state index is 6.15. The average molecular weight is 298 g/mol. The summed E-state index contributed by atoms with van der Waals surface area (Å²) < 4.78 is 5.27. The normalized spacial score (nSPS) is 10.3. The summed E-state index contributed by atoms with van der Waals surface area (Å²) >= 11 is 12.2. The van der Waals surface area contributed by atoms with Crippen LogP contribution in [0.15, 0.2) is 30.5 Å². The van der Waals surface area contributed by atoms with Crippen LogP contribution in [0.25, 0.3) is 0 Å².